The number of alkyl halides is 3. The van der Waals surface area contributed by atoms with E-state index in [0.717, 1.165) is 23.9 Å². The molecule has 0 saturated carbocycles. The lowest BCUT2D eigenvalue weighted by Crippen LogP contribution is -2.43. The Labute approximate surface area is 136 Å². The monoisotopic (exact) mass is 346 g/mol. The first-order chi connectivity index (χ1) is 10.5. The van der Waals surface area contributed by atoms with Gasteiger partial charge < -0.3 is 10.6 Å². The molecule has 126 valence electrons. The average molecular weight is 346 g/mol. The van der Waals surface area contributed by atoms with Gasteiger partial charge in [0.15, 0.2) is 0 Å². The molecule has 4 nitrogen and oxygen atoms in total. The maximum Gasteiger partial charge on any atom is 0.416 e. The van der Waals surface area contributed by atoms with Crippen LogP contribution in [0.3, 0.4) is 0 Å². The van der Waals surface area contributed by atoms with E-state index >= 15 is 0 Å². The number of hydrogen-bond donors (Lipinski definition) is 2. The summed E-state index contributed by atoms with van der Waals surface area (Å²) >= 11 is 1.10. The Hall–Kier alpha value is -1.70. The van der Waals surface area contributed by atoms with Crippen LogP contribution in [0.2, 0.25) is 0 Å². The molecule has 0 bridgehead atoms. The second-order valence-corrected chi connectivity index (χ2v) is 7.55. The molecule has 0 spiro atoms. The minimum absolute atomic E-state index is 0.0335. The maximum atomic E-state index is 12.7. The number of halogens is 3. The van der Waals surface area contributed by atoms with E-state index < -0.39 is 28.4 Å². The highest BCUT2D eigenvalue weighted by atomic mass is 32.2. The molecule has 1 aliphatic rings. The molecule has 1 aromatic rings. The highest BCUT2D eigenvalue weighted by molar-refractivity contribution is 8.01. The summed E-state index contributed by atoms with van der Waals surface area (Å²) in [6, 6.07) is 3.19. The smallest absolute Gasteiger partial charge is 0.351 e. The molecule has 8 heteroatoms. The second kappa shape index (κ2) is 6.07. The van der Waals surface area contributed by atoms with Crippen LogP contribution in [0.15, 0.2) is 23.1 Å². The summed E-state index contributed by atoms with van der Waals surface area (Å²) in [6.07, 6.45) is -4.50. The fraction of sp³-hybridized carbons (Fsp3) is 0.467. The zero-order valence-corrected chi connectivity index (χ0v) is 13.7. The highest BCUT2D eigenvalue weighted by Crippen LogP contribution is 2.40. The van der Waals surface area contributed by atoms with Gasteiger partial charge in [0.2, 0.25) is 11.8 Å². The van der Waals surface area contributed by atoms with Crippen LogP contribution in [0.1, 0.15) is 32.8 Å². The quantitative estimate of drug-likeness (QED) is 0.863. The first kappa shape index (κ1) is 17.7. The summed E-state index contributed by atoms with van der Waals surface area (Å²) in [5.41, 5.74) is -1.10. The van der Waals surface area contributed by atoms with Crippen LogP contribution in [0.25, 0.3) is 0 Å². The standard InChI is InChI=1S/C15H17F3N2O2S/c1-14(2,3)20-12(21)7-11-13(22)19-9-6-8(15(16,17)18)4-5-10(9)23-11/h4-6,11H,7H2,1-3H3,(H,19,22)(H,20,21). The van der Waals surface area contributed by atoms with Crippen molar-refractivity contribution in [2.75, 3.05) is 5.32 Å². The highest BCUT2D eigenvalue weighted by Gasteiger charge is 2.34. The fourth-order valence-corrected chi connectivity index (χ4v) is 3.19. The van der Waals surface area contributed by atoms with Crippen molar-refractivity contribution >= 4 is 29.3 Å². The summed E-state index contributed by atoms with van der Waals surface area (Å²) < 4.78 is 38.1. The van der Waals surface area contributed by atoms with Crippen LogP contribution < -0.4 is 10.6 Å². The molecule has 0 fully saturated rings. The number of rotatable bonds is 2. The van der Waals surface area contributed by atoms with Gasteiger partial charge in [-0.25, -0.2) is 0 Å². The van der Waals surface area contributed by atoms with Gasteiger partial charge in [-0.15, -0.1) is 11.8 Å². The van der Waals surface area contributed by atoms with Crippen LogP contribution in [-0.4, -0.2) is 22.6 Å². The minimum atomic E-state index is -4.46. The molecule has 1 heterocycles. The number of amides is 2. The molecular formula is C15H17F3N2O2S. The Morgan fingerprint density at radius 1 is 1.30 bits per heavy atom. The predicted molar refractivity (Wildman–Crippen MR) is 82.2 cm³/mol. The molecule has 2 rings (SSSR count). The van der Waals surface area contributed by atoms with E-state index in [1.54, 1.807) is 0 Å². The summed E-state index contributed by atoms with van der Waals surface area (Å²) in [6.45, 7) is 5.48. The van der Waals surface area contributed by atoms with Crippen molar-refractivity contribution in [1.29, 1.82) is 0 Å². The van der Waals surface area contributed by atoms with Crippen LogP contribution in [0.5, 0.6) is 0 Å². The van der Waals surface area contributed by atoms with Crippen molar-refractivity contribution in [3.8, 4) is 0 Å². The third kappa shape index (κ3) is 4.63. The van der Waals surface area contributed by atoms with Gasteiger partial charge in [0.05, 0.1) is 16.5 Å². The number of carbonyl (C=O) groups is 2. The number of thioether (sulfide) groups is 1. The molecular weight excluding hydrogens is 329 g/mol. The van der Waals surface area contributed by atoms with Crippen molar-refractivity contribution in [2.24, 2.45) is 0 Å². The number of benzene rings is 1. The van der Waals surface area contributed by atoms with E-state index in [4.69, 9.17) is 0 Å². The summed E-state index contributed by atoms with van der Waals surface area (Å²) in [5.74, 6) is -0.744. The molecule has 2 N–H and O–H groups in total. The molecule has 1 unspecified atom stereocenters. The lowest BCUT2D eigenvalue weighted by atomic mass is 10.1. The first-order valence-electron chi connectivity index (χ1n) is 6.95. The van der Waals surface area contributed by atoms with Crippen LogP contribution >= 0.6 is 11.8 Å². The van der Waals surface area contributed by atoms with Crippen LogP contribution in [0, 0.1) is 0 Å². The lowest BCUT2D eigenvalue weighted by molar-refractivity contribution is -0.137. The van der Waals surface area contributed by atoms with Crippen LogP contribution in [-0.2, 0) is 15.8 Å². The molecule has 1 aromatic carbocycles. The number of fused-ring (bicyclic) bond motifs is 1. The Morgan fingerprint density at radius 3 is 2.52 bits per heavy atom. The van der Waals surface area contributed by atoms with Gasteiger partial charge >= 0.3 is 6.18 Å². The number of nitrogens with one attached hydrogen (secondary N) is 2. The van der Waals surface area contributed by atoms with Gasteiger partial charge in [0.25, 0.3) is 0 Å². The minimum Gasteiger partial charge on any atom is -0.351 e. The van der Waals surface area contributed by atoms with Gasteiger partial charge in [-0.3, -0.25) is 9.59 Å². The third-order valence-corrected chi connectivity index (χ3v) is 4.29. The topological polar surface area (TPSA) is 58.2 Å². The first-order valence-corrected chi connectivity index (χ1v) is 7.83. The van der Waals surface area contributed by atoms with E-state index in [-0.39, 0.29) is 18.0 Å². The van der Waals surface area contributed by atoms with Crippen molar-refractivity contribution in [3.05, 3.63) is 23.8 Å². The van der Waals surface area contributed by atoms with Crippen molar-refractivity contribution in [1.82, 2.24) is 5.32 Å². The normalized spacial score (nSPS) is 18.2. The zero-order chi connectivity index (χ0) is 17.4. The van der Waals surface area contributed by atoms with Crippen molar-refractivity contribution in [3.63, 3.8) is 0 Å². The molecule has 1 aliphatic heterocycles. The number of carbonyl (C=O) groups excluding carboxylic acids is 2. The van der Waals surface area contributed by atoms with E-state index in [9.17, 15) is 22.8 Å². The summed E-state index contributed by atoms with van der Waals surface area (Å²) in [7, 11) is 0. The van der Waals surface area contributed by atoms with Gasteiger partial charge in [0, 0.05) is 16.9 Å². The Morgan fingerprint density at radius 2 is 1.96 bits per heavy atom. The maximum absolute atomic E-state index is 12.7. The molecule has 2 amide bonds. The van der Waals surface area contributed by atoms with E-state index in [1.807, 2.05) is 20.8 Å². The molecule has 0 aromatic heterocycles. The number of anilines is 1. The molecule has 0 radical (unpaired) electrons. The Bertz CT molecular complexity index is 639. The van der Waals surface area contributed by atoms with Gasteiger partial charge in [-0.2, -0.15) is 13.2 Å². The van der Waals surface area contributed by atoms with Crippen molar-refractivity contribution in [2.45, 2.75) is 49.1 Å². The van der Waals surface area contributed by atoms with Gasteiger partial charge in [-0.05, 0) is 39.0 Å². The molecule has 0 saturated heterocycles. The SMILES string of the molecule is CC(C)(C)NC(=O)CC1Sc2ccc(C(F)(F)F)cc2NC1=O. The Kier molecular flexibility index (Phi) is 4.66. The second-order valence-electron chi connectivity index (χ2n) is 6.31. The van der Waals surface area contributed by atoms with Gasteiger partial charge in [0.1, 0.15) is 0 Å². The largest absolute Gasteiger partial charge is 0.416 e. The summed E-state index contributed by atoms with van der Waals surface area (Å²) in [4.78, 5) is 24.5. The lowest BCUT2D eigenvalue weighted by Gasteiger charge is -2.26. The summed E-state index contributed by atoms with van der Waals surface area (Å²) in [5, 5.41) is 4.54. The molecule has 0 aliphatic carbocycles. The van der Waals surface area contributed by atoms with Crippen molar-refractivity contribution < 1.29 is 22.8 Å². The predicted octanol–water partition coefficient (Wildman–Crippen LogP) is 3.42. The fourth-order valence-electron chi connectivity index (χ4n) is 2.10. The van der Waals surface area contributed by atoms with E-state index in [2.05, 4.69) is 10.6 Å². The van der Waals surface area contributed by atoms with E-state index in [1.165, 1.54) is 6.07 Å². The Balaban J connectivity index is 2.12. The number of hydrogen-bond acceptors (Lipinski definition) is 3. The molecule has 1 atom stereocenters. The molecule has 23 heavy (non-hydrogen) atoms. The van der Waals surface area contributed by atoms with Gasteiger partial charge in [-0.1, -0.05) is 0 Å². The zero-order valence-electron chi connectivity index (χ0n) is 12.9. The van der Waals surface area contributed by atoms with Crippen LogP contribution in [0.4, 0.5) is 18.9 Å². The average Bonchev–Trinajstić information content (AvgIpc) is 2.35. The third-order valence-electron chi connectivity index (χ3n) is 3.01. The van der Waals surface area contributed by atoms with E-state index in [0.29, 0.717) is 4.90 Å².